The van der Waals surface area contributed by atoms with Crippen molar-refractivity contribution >= 4 is 0 Å². The summed E-state index contributed by atoms with van der Waals surface area (Å²) in [4.78, 5) is 0. The summed E-state index contributed by atoms with van der Waals surface area (Å²) in [7, 11) is 1.71. The molecule has 1 saturated carbocycles. The number of methoxy groups -OCH3 is 1. The van der Waals surface area contributed by atoms with Gasteiger partial charge in [0.05, 0.1) is 6.61 Å². The van der Waals surface area contributed by atoms with Crippen molar-refractivity contribution in [2.75, 3.05) is 7.11 Å². The smallest absolute Gasteiger partial charge is 0.0866 e. The second-order valence-corrected chi connectivity index (χ2v) is 2.25. The number of hydrogen-bond donors (Lipinski definition) is 0. The Hall–Kier alpha value is -0.0400. The molecule has 1 rings (SSSR count). The van der Waals surface area contributed by atoms with Gasteiger partial charge in [0.1, 0.15) is 0 Å². The molecule has 0 aromatic rings. The molecule has 0 heterocycles. The predicted molar refractivity (Wildman–Crippen MR) is 28.6 cm³/mol. The van der Waals surface area contributed by atoms with E-state index in [0.717, 1.165) is 11.8 Å². The fourth-order valence-electron chi connectivity index (χ4n) is 0.715. The molecule has 0 aliphatic heterocycles. The standard InChI is InChI=1S/C6H11O/c1-5-3-6(5)4-7-2/h4-6H,3H2,1-2H3. The molecule has 0 aromatic heterocycles. The third-order valence-corrected chi connectivity index (χ3v) is 1.48. The second kappa shape index (κ2) is 1.83. The lowest BCUT2D eigenvalue weighted by Crippen LogP contribution is -1.81. The Morgan fingerprint density at radius 1 is 1.71 bits per heavy atom. The summed E-state index contributed by atoms with van der Waals surface area (Å²) < 4.78 is 4.81. The lowest BCUT2D eigenvalue weighted by molar-refractivity contribution is 0.254. The van der Waals surface area contributed by atoms with E-state index in [1.54, 1.807) is 7.11 Å². The Bertz CT molecular complexity index is 61.2. The molecule has 1 nitrogen and oxygen atoms in total. The predicted octanol–water partition coefficient (Wildman–Crippen LogP) is 1.45. The van der Waals surface area contributed by atoms with Crippen LogP contribution >= 0.6 is 0 Å². The van der Waals surface area contributed by atoms with Crippen molar-refractivity contribution in [1.29, 1.82) is 0 Å². The van der Waals surface area contributed by atoms with Gasteiger partial charge in [-0.1, -0.05) is 6.92 Å². The normalized spacial score (nSPS) is 38.6. The Morgan fingerprint density at radius 3 is 2.43 bits per heavy atom. The van der Waals surface area contributed by atoms with Gasteiger partial charge in [-0.05, 0) is 18.3 Å². The van der Waals surface area contributed by atoms with Crippen molar-refractivity contribution in [3.05, 3.63) is 6.61 Å². The first kappa shape index (κ1) is 5.10. The Balaban J connectivity index is 1.98. The van der Waals surface area contributed by atoms with Gasteiger partial charge >= 0.3 is 0 Å². The van der Waals surface area contributed by atoms with Crippen LogP contribution in [-0.2, 0) is 4.74 Å². The number of hydrogen-bond acceptors (Lipinski definition) is 1. The van der Waals surface area contributed by atoms with Crippen LogP contribution < -0.4 is 0 Å². The first-order valence-electron chi connectivity index (χ1n) is 2.70. The molecule has 0 spiro atoms. The topological polar surface area (TPSA) is 9.23 Å². The van der Waals surface area contributed by atoms with Gasteiger partial charge < -0.3 is 4.74 Å². The van der Waals surface area contributed by atoms with Crippen LogP contribution in [0.1, 0.15) is 13.3 Å². The first-order chi connectivity index (χ1) is 3.34. The molecule has 0 saturated heterocycles. The molecular weight excluding hydrogens is 88.1 g/mol. The van der Waals surface area contributed by atoms with Crippen molar-refractivity contribution in [3.63, 3.8) is 0 Å². The van der Waals surface area contributed by atoms with Gasteiger partial charge in [-0.3, -0.25) is 0 Å². The molecule has 41 valence electrons. The van der Waals surface area contributed by atoms with E-state index >= 15 is 0 Å². The Morgan fingerprint density at radius 2 is 2.29 bits per heavy atom. The van der Waals surface area contributed by atoms with E-state index in [0.29, 0.717) is 0 Å². The maximum Gasteiger partial charge on any atom is 0.0866 e. The van der Waals surface area contributed by atoms with E-state index < -0.39 is 0 Å². The quantitative estimate of drug-likeness (QED) is 0.509. The van der Waals surface area contributed by atoms with Crippen molar-refractivity contribution in [2.24, 2.45) is 11.8 Å². The van der Waals surface area contributed by atoms with Gasteiger partial charge in [0.15, 0.2) is 0 Å². The summed E-state index contributed by atoms with van der Waals surface area (Å²) in [6.45, 7) is 4.16. The van der Waals surface area contributed by atoms with Gasteiger partial charge in [-0.15, -0.1) is 0 Å². The third-order valence-electron chi connectivity index (χ3n) is 1.48. The lowest BCUT2D eigenvalue weighted by atomic mass is 10.4. The van der Waals surface area contributed by atoms with Crippen molar-refractivity contribution in [3.8, 4) is 0 Å². The van der Waals surface area contributed by atoms with Crippen LogP contribution in [0, 0.1) is 18.4 Å². The van der Waals surface area contributed by atoms with E-state index in [1.807, 2.05) is 6.61 Å². The number of ether oxygens (including phenoxy) is 1. The highest BCUT2D eigenvalue weighted by Gasteiger charge is 2.32. The zero-order valence-corrected chi connectivity index (χ0v) is 4.85. The highest BCUT2D eigenvalue weighted by atomic mass is 16.5. The first-order valence-corrected chi connectivity index (χ1v) is 2.70. The fraction of sp³-hybridized carbons (Fsp3) is 0.833. The third kappa shape index (κ3) is 1.16. The zero-order chi connectivity index (χ0) is 5.28. The number of rotatable bonds is 2. The van der Waals surface area contributed by atoms with E-state index in [2.05, 4.69) is 6.92 Å². The fourth-order valence-corrected chi connectivity index (χ4v) is 0.715. The van der Waals surface area contributed by atoms with Crippen LogP contribution in [0.25, 0.3) is 0 Å². The molecule has 1 radical (unpaired) electrons. The largest absolute Gasteiger partial charge is 0.378 e. The van der Waals surface area contributed by atoms with Crippen molar-refractivity contribution < 1.29 is 4.74 Å². The van der Waals surface area contributed by atoms with Gasteiger partial charge in [0.2, 0.25) is 0 Å². The monoisotopic (exact) mass is 99.1 g/mol. The summed E-state index contributed by atoms with van der Waals surface area (Å²) in [5, 5.41) is 0. The molecule has 0 bridgehead atoms. The molecule has 1 aliphatic rings. The second-order valence-electron chi connectivity index (χ2n) is 2.25. The van der Waals surface area contributed by atoms with E-state index in [4.69, 9.17) is 4.74 Å². The summed E-state index contributed by atoms with van der Waals surface area (Å²) in [5.74, 6) is 1.66. The van der Waals surface area contributed by atoms with Gasteiger partial charge in [0.25, 0.3) is 0 Å². The van der Waals surface area contributed by atoms with E-state index in [-0.39, 0.29) is 0 Å². The van der Waals surface area contributed by atoms with Crippen LogP contribution in [0.15, 0.2) is 0 Å². The van der Waals surface area contributed by atoms with Crippen LogP contribution in [0.2, 0.25) is 0 Å². The summed E-state index contributed by atoms with van der Waals surface area (Å²) in [6.07, 6.45) is 1.33. The minimum absolute atomic E-state index is 0.769. The van der Waals surface area contributed by atoms with Crippen LogP contribution in [-0.4, -0.2) is 7.11 Å². The SMILES string of the molecule is CO[CH]C1CC1C. The van der Waals surface area contributed by atoms with Gasteiger partial charge in [-0.25, -0.2) is 0 Å². The average Bonchev–Trinajstić information content (AvgIpc) is 2.22. The molecule has 0 aromatic carbocycles. The molecular formula is C6H11O. The molecule has 2 unspecified atom stereocenters. The summed E-state index contributed by atoms with van der Waals surface area (Å²) in [5.41, 5.74) is 0. The minimum Gasteiger partial charge on any atom is -0.378 e. The highest BCUT2D eigenvalue weighted by molar-refractivity contribution is 4.88. The summed E-state index contributed by atoms with van der Waals surface area (Å²) >= 11 is 0. The Labute approximate surface area is 44.7 Å². The molecule has 7 heavy (non-hydrogen) atoms. The van der Waals surface area contributed by atoms with Crippen LogP contribution in [0.5, 0.6) is 0 Å². The van der Waals surface area contributed by atoms with Crippen LogP contribution in [0.4, 0.5) is 0 Å². The molecule has 1 heteroatoms. The van der Waals surface area contributed by atoms with E-state index in [9.17, 15) is 0 Å². The molecule has 0 amide bonds. The summed E-state index contributed by atoms with van der Waals surface area (Å²) in [6, 6.07) is 0. The maximum absolute atomic E-state index is 4.81. The lowest BCUT2D eigenvalue weighted by Gasteiger charge is -1.88. The highest BCUT2D eigenvalue weighted by Crippen LogP contribution is 2.39. The van der Waals surface area contributed by atoms with Gasteiger partial charge in [0, 0.05) is 7.11 Å². The molecule has 0 N–H and O–H groups in total. The van der Waals surface area contributed by atoms with Crippen LogP contribution in [0.3, 0.4) is 0 Å². The van der Waals surface area contributed by atoms with E-state index in [1.165, 1.54) is 6.42 Å². The van der Waals surface area contributed by atoms with Crippen molar-refractivity contribution in [1.82, 2.24) is 0 Å². The Kier molecular flexibility index (Phi) is 1.33. The minimum atomic E-state index is 0.769. The average molecular weight is 99.2 g/mol. The maximum atomic E-state index is 4.81. The molecule has 1 fully saturated rings. The zero-order valence-electron chi connectivity index (χ0n) is 4.85. The molecule has 2 atom stereocenters. The van der Waals surface area contributed by atoms with Crippen molar-refractivity contribution in [2.45, 2.75) is 13.3 Å². The molecule has 1 aliphatic carbocycles. The van der Waals surface area contributed by atoms with Gasteiger partial charge in [-0.2, -0.15) is 0 Å².